The standard InChI is InChI=1S/C22H36O4Si/c1-8-9-12-15-22(6,7)27(16(2)3,17(4)5)26-21(25)19-14-11-10-13-18(19)20(23)24/h10-11,13-14,16-17H,8-9,12,15H2,1-7H3,(H,23,24). The summed E-state index contributed by atoms with van der Waals surface area (Å²) in [5.74, 6) is -1.60. The van der Waals surface area contributed by atoms with Gasteiger partial charge >= 0.3 is 11.9 Å². The molecule has 0 fully saturated rings. The van der Waals surface area contributed by atoms with E-state index in [0.717, 1.165) is 19.3 Å². The maximum Gasteiger partial charge on any atom is 0.336 e. The first-order valence-electron chi connectivity index (χ1n) is 10.1. The molecule has 0 aliphatic heterocycles. The molecule has 4 nitrogen and oxygen atoms in total. The largest absolute Gasteiger partial charge is 0.514 e. The minimum absolute atomic E-state index is 0.00158. The lowest BCUT2D eigenvalue weighted by Gasteiger charge is -2.49. The highest BCUT2D eigenvalue weighted by Gasteiger charge is 2.56. The molecule has 0 aliphatic rings. The zero-order valence-electron chi connectivity index (χ0n) is 18.0. The van der Waals surface area contributed by atoms with Crippen LogP contribution in [0.5, 0.6) is 0 Å². The smallest absolute Gasteiger partial charge is 0.336 e. The number of carbonyl (C=O) groups is 2. The van der Waals surface area contributed by atoms with Gasteiger partial charge in [0.1, 0.15) is 0 Å². The van der Waals surface area contributed by atoms with Crippen molar-refractivity contribution in [3.8, 4) is 0 Å². The van der Waals surface area contributed by atoms with Crippen molar-refractivity contribution in [2.45, 2.75) is 90.3 Å². The van der Waals surface area contributed by atoms with Crippen LogP contribution in [0.3, 0.4) is 0 Å². The summed E-state index contributed by atoms with van der Waals surface area (Å²) < 4.78 is 6.37. The minimum Gasteiger partial charge on any atom is -0.514 e. The fourth-order valence-electron chi connectivity index (χ4n) is 4.67. The molecule has 27 heavy (non-hydrogen) atoms. The number of unbranched alkanes of at least 4 members (excludes halogenated alkanes) is 2. The fourth-order valence-corrected chi connectivity index (χ4v) is 10.9. The van der Waals surface area contributed by atoms with Gasteiger partial charge in [0, 0.05) is 0 Å². The van der Waals surface area contributed by atoms with E-state index in [-0.39, 0.29) is 27.2 Å². The minimum atomic E-state index is -2.57. The molecule has 0 saturated carbocycles. The van der Waals surface area contributed by atoms with Crippen LogP contribution in [0.4, 0.5) is 0 Å². The predicted octanol–water partition coefficient (Wildman–Crippen LogP) is 6.67. The van der Waals surface area contributed by atoms with E-state index in [2.05, 4.69) is 48.5 Å². The lowest BCUT2D eigenvalue weighted by molar-refractivity contribution is 0.0651. The predicted molar refractivity (Wildman–Crippen MR) is 113 cm³/mol. The molecule has 0 heterocycles. The second kappa shape index (κ2) is 9.54. The maximum absolute atomic E-state index is 13.1. The lowest BCUT2D eigenvalue weighted by Crippen LogP contribution is -2.55. The molecule has 0 unspecified atom stereocenters. The topological polar surface area (TPSA) is 63.6 Å². The lowest BCUT2D eigenvalue weighted by atomic mass is 10.0. The summed E-state index contributed by atoms with van der Waals surface area (Å²) in [5, 5.41) is 9.34. The maximum atomic E-state index is 13.1. The summed E-state index contributed by atoms with van der Waals surface area (Å²) in [4.78, 5) is 24.7. The molecule has 0 aliphatic carbocycles. The average molecular weight is 393 g/mol. The molecule has 1 aromatic rings. The van der Waals surface area contributed by atoms with Crippen LogP contribution in [0.2, 0.25) is 16.1 Å². The van der Waals surface area contributed by atoms with E-state index < -0.39 is 20.3 Å². The Morgan fingerprint density at radius 2 is 1.56 bits per heavy atom. The van der Waals surface area contributed by atoms with Crippen LogP contribution in [0.15, 0.2) is 24.3 Å². The first-order chi connectivity index (χ1) is 12.5. The molecule has 1 rings (SSSR count). The molecular formula is C22H36O4Si. The van der Waals surface area contributed by atoms with Gasteiger partial charge < -0.3 is 9.53 Å². The molecule has 1 N–H and O–H groups in total. The molecule has 5 heteroatoms. The second-order valence-corrected chi connectivity index (χ2v) is 14.1. The quantitative estimate of drug-likeness (QED) is 0.357. The molecule has 152 valence electrons. The molecule has 0 spiro atoms. The van der Waals surface area contributed by atoms with Crippen molar-refractivity contribution in [2.24, 2.45) is 0 Å². The van der Waals surface area contributed by atoms with E-state index in [4.69, 9.17) is 4.43 Å². The van der Waals surface area contributed by atoms with Crippen LogP contribution in [0, 0.1) is 0 Å². The summed E-state index contributed by atoms with van der Waals surface area (Å²) >= 11 is 0. The van der Waals surface area contributed by atoms with Crippen molar-refractivity contribution in [1.82, 2.24) is 0 Å². The van der Waals surface area contributed by atoms with Crippen molar-refractivity contribution in [3.05, 3.63) is 35.4 Å². The molecule has 0 bridgehead atoms. The van der Waals surface area contributed by atoms with Crippen molar-refractivity contribution < 1.29 is 19.1 Å². The van der Waals surface area contributed by atoms with Crippen molar-refractivity contribution >= 4 is 20.3 Å². The summed E-state index contributed by atoms with van der Waals surface area (Å²) in [6.45, 7) is 15.2. The second-order valence-electron chi connectivity index (χ2n) is 8.68. The van der Waals surface area contributed by atoms with Crippen LogP contribution < -0.4 is 0 Å². The number of hydrogen-bond donors (Lipinski definition) is 1. The van der Waals surface area contributed by atoms with E-state index in [9.17, 15) is 14.7 Å². The van der Waals surface area contributed by atoms with Crippen LogP contribution in [0.1, 0.15) is 94.9 Å². The number of carbonyl (C=O) groups excluding carboxylic acids is 1. The van der Waals surface area contributed by atoms with E-state index in [0.29, 0.717) is 0 Å². The third kappa shape index (κ3) is 5.01. The van der Waals surface area contributed by atoms with Crippen LogP contribution in [-0.4, -0.2) is 25.4 Å². The Kier molecular flexibility index (Phi) is 8.27. The van der Waals surface area contributed by atoms with Gasteiger partial charge in [-0.3, -0.25) is 0 Å². The number of carboxylic acids is 1. The van der Waals surface area contributed by atoms with Gasteiger partial charge in [0.05, 0.1) is 11.1 Å². The number of aromatic carboxylic acids is 1. The Balaban J connectivity index is 3.34. The monoisotopic (exact) mass is 392 g/mol. The van der Waals surface area contributed by atoms with E-state index >= 15 is 0 Å². The molecular weight excluding hydrogens is 356 g/mol. The SMILES string of the molecule is CCCCCC(C)(C)[Si](OC(=O)c1ccccc1C(=O)O)(C(C)C)C(C)C. The molecule has 0 radical (unpaired) electrons. The van der Waals surface area contributed by atoms with Crippen molar-refractivity contribution in [1.29, 1.82) is 0 Å². The zero-order valence-corrected chi connectivity index (χ0v) is 19.0. The van der Waals surface area contributed by atoms with Gasteiger partial charge in [0.15, 0.2) is 0 Å². The molecule has 0 amide bonds. The highest BCUT2D eigenvalue weighted by atomic mass is 28.4. The molecule has 1 aromatic carbocycles. The van der Waals surface area contributed by atoms with Crippen LogP contribution >= 0.6 is 0 Å². The van der Waals surface area contributed by atoms with Gasteiger partial charge in [0.2, 0.25) is 0 Å². The molecule has 0 aromatic heterocycles. The number of hydrogen-bond acceptors (Lipinski definition) is 3. The third-order valence-electron chi connectivity index (χ3n) is 5.82. The molecule has 0 atom stereocenters. The number of rotatable bonds is 10. The summed E-state index contributed by atoms with van der Waals surface area (Å²) in [7, 11) is -2.57. The Labute approximate surface area is 165 Å². The Morgan fingerprint density at radius 3 is 2.00 bits per heavy atom. The van der Waals surface area contributed by atoms with E-state index in [1.807, 2.05) is 0 Å². The Morgan fingerprint density at radius 1 is 1.04 bits per heavy atom. The van der Waals surface area contributed by atoms with Gasteiger partial charge in [-0.25, -0.2) is 9.59 Å². The number of carboxylic acid groups (broad SMARTS) is 1. The Bertz CT molecular complexity index is 641. The Hall–Kier alpha value is -1.62. The highest BCUT2D eigenvalue weighted by molar-refractivity contribution is 6.80. The number of benzene rings is 1. The highest BCUT2D eigenvalue weighted by Crippen LogP contribution is 2.54. The average Bonchev–Trinajstić information content (AvgIpc) is 2.58. The fraction of sp³-hybridized carbons (Fsp3) is 0.636. The summed E-state index contributed by atoms with van der Waals surface area (Å²) in [6.07, 6.45) is 4.44. The van der Waals surface area contributed by atoms with Crippen molar-refractivity contribution in [2.75, 3.05) is 0 Å². The normalized spacial score (nSPS) is 12.5. The van der Waals surface area contributed by atoms with Gasteiger partial charge in [0.25, 0.3) is 8.32 Å². The first kappa shape index (κ1) is 23.4. The summed E-state index contributed by atoms with van der Waals surface area (Å²) in [5.41, 5.74) is 0.611. The van der Waals surface area contributed by atoms with Gasteiger partial charge in [-0.1, -0.05) is 79.9 Å². The van der Waals surface area contributed by atoms with Crippen molar-refractivity contribution in [3.63, 3.8) is 0 Å². The summed E-state index contributed by atoms with van der Waals surface area (Å²) in [6, 6.07) is 6.32. The van der Waals surface area contributed by atoms with Gasteiger partial charge in [-0.2, -0.15) is 0 Å². The van der Waals surface area contributed by atoms with Gasteiger partial charge in [-0.05, 0) is 34.7 Å². The third-order valence-corrected chi connectivity index (χ3v) is 12.1. The van der Waals surface area contributed by atoms with E-state index in [1.165, 1.54) is 12.5 Å². The van der Waals surface area contributed by atoms with Gasteiger partial charge in [-0.15, -0.1) is 0 Å². The van der Waals surface area contributed by atoms with Crippen LogP contribution in [-0.2, 0) is 4.43 Å². The zero-order chi connectivity index (χ0) is 20.8. The first-order valence-corrected chi connectivity index (χ1v) is 12.1. The van der Waals surface area contributed by atoms with Crippen LogP contribution in [0.25, 0.3) is 0 Å². The molecule has 0 saturated heterocycles. The van der Waals surface area contributed by atoms with E-state index in [1.54, 1.807) is 18.2 Å².